The summed E-state index contributed by atoms with van der Waals surface area (Å²) in [6.45, 7) is 1.62. The molecule has 2 N–H and O–H groups in total. The Bertz CT molecular complexity index is 525. The van der Waals surface area contributed by atoms with Crippen LogP contribution >= 0.6 is 11.3 Å². The van der Waals surface area contributed by atoms with Gasteiger partial charge in [-0.3, -0.25) is 14.9 Å². The van der Waals surface area contributed by atoms with Crippen molar-refractivity contribution in [1.82, 2.24) is 5.32 Å². The second-order valence-electron chi connectivity index (χ2n) is 4.97. The van der Waals surface area contributed by atoms with Gasteiger partial charge in [-0.05, 0) is 19.8 Å². The molecule has 1 atom stereocenters. The van der Waals surface area contributed by atoms with Gasteiger partial charge in [0.25, 0.3) is 0 Å². The molecule has 20 heavy (non-hydrogen) atoms. The number of amides is 1. The van der Waals surface area contributed by atoms with E-state index in [0.717, 1.165) is 24.2 Å². The number of thiophene rings is 1. The van der Waals surface area contributed by atoms with Crippen LogP contribution in [0.15, 0.2) is 6.07 Å². The summed E-state index contributed by atoms with van der Waals surface area (Å²) in [6, 6.07) is 1.63. The van der Waals surface area contributed by atoms with Crippen LogP contribution in [0.4, 0.5) is 10.7 Å². The fourth-order valence-electron chi connectivity index (χ4n) is 1.79. The van der Waals surface area contributed by atoms with E-state index in [9.17, 15) is 20.0 Å². The molecule has 0 radical (unpaired) electrons. The Hall–Kier alpha value is -1.67. The van der Waals surface area contributed by atoms with Crippen molar-refractivity contribution in [2.24, 2.45) is 0 Å². The molecule has 0 bridgehead atoms. The normalized spacial score (nSPS) is 15.8. The lowest BCUT2D eigenvalue weighted by Gasteiger charge is -2.16. The van der Waals surface area contributed by atoms with E-state index in [2.05, 4.69) is 5.32 Å². The van der Waals surface area contributed by atoms with Crippen LogP contribution in [0.1, 0.15) is 30.7 Å². The molecule has 1 heterocycles. The maximum Gasteiger partial charge on any atom is 0.304 e. The van der Waals surface area contributed by atoms with Crippen molar-refractivity contribution in [3.05, 3.63) is 21.1 Å². The fraction of sp³-hybridized carbons (Fsp3) is 0.583. The first-order valence-electron chi connectivity index (χ1n) is 6.35. The second-order valence-corrected chi connectivity index (χ2v) is 6.03. The van der Waals surface area contributed by atoms with Gasteiger partial charge in [0, 0.05) is 24.0 Å². The van der Waals surface area contributed by atoms with Gasteiger partial charge in [0.1, 0.15) is 0 Å². The molecule has 0 spiro atoms. The van der Waals surface area contributed by atoms with Gasteiger partial charge in [-0.15, -0.1) is 11.3 Å². The molecule has 1 aromatic heterocycles. The summed E-state index contributed by atoms with van der Waals surface area (Å²) < 4.78 is 0. The summed E-state index contributed by atoms with van der Waals surface area (Å²) in [4.78, 5) is 24.3. The molecule has 1 unspecified atom stereocenters. The topological polar surface area (TPSA) is 95.7 Å². The number of nitrogens with zero attached hydrogens (tertiary/aromatic N) is 2. The van der Waals surface area contributed by atoms with Crippen molar-refractivity contribution >= 4 is 27.9 Å². The Kier molecular flexibility index (Phi) is 4.24. The molecule has 1 aliphatic carbocycles. The lowest BCUT2D eigenvalue weighted by atomic mass is 10.3. The Morgan fingerprint density at radius 2 is 2.35 bits per heavy atom. The van der Waals surface area contributed by atoms with Gasteiger partial charge in [0.05, 0.1) is 17.6 Å². The SMILES string of the molecule is CC(O)c1cc([N+](=O)[O-])c(N(C)CC(=O)NC2CC2)s1. The highest BCUT2D eigenvalue weighted by molar-refractivity contribution is 7.16. The summed E-state index contributed by atoms with van der Waals surface area (Å²) in [5.74, 6) is -0.142. The molecule has 0 aliphatic heterocycles. The third-order valence-electron chi connectivity index (χ3n) is 2.99. The summed E-state index contributed by atoms with van der Waals surface area (Å²) in [5.41, 5.74) is -0.0763. The summed E-state index contributed by atoms with van der Waals surface area (Å²) >= 11 is 1.13. The third kappa shape index (κ3) is 3.45. The van der Waals surface area contributed by atoms with Gasteiger partial charge < -0.3 is 15.3 Å². The Labute approximate surface area is 120 Å². The van der Waals surface area contributed by atoms with Crippen molar-refractivity contribution in [3.63, 3.8) is 0 Å². The van der Waals surface area contributed by atoms with Crippen LogP contribution in [0.25, 0.3) is 0 Å². The Morgan fingerprint density at radius 1 is 1.70 bits per heavy atom. The zero-order chi connectivity index (χ0) is 14.9. The van der Waals surface area contributed by atoms with E-state index in [-0.39, 0.29) is 24.2 Å². The minimum atomic E-state index is -0.763. The predicted molar refractivity (Wildman–Crippen MR) is 76.0 cm³/mol. The molecule has 1 fully saturated rings. The molecule has 2 rings (SSSR count). The van der Waals surface area contributed by atoms with Crippen molar-refractivity contribution < 1.29 is 14.8 Å². The number of rotatable bonds is 6. The van der Waals surface area contributed by atoms with Gasteiger partial charge in [0.15, 0.2) is 5.00 Å². The zero-order valence-corrected chi connectivity index (χ0v) is 12.1. The first kappa shape index (κ1) is 14.7. The molecule has 1 aliphatic rings. The molecule has 0 saturated heterocycles. The van der Waals surface area contributed by atoms with Crippen molar-refractivity contribution in [2.75, 3.05) is 18.5 Å². The van der Waals surface area contributed by atoms with Crippen molar-refractivity contribution in [3.8, 4) is 0 Å². The second kappa shape index (κ2) is 5.76. The molecule has 7 nitrogen and oxygen atoms in total. The van der Waals surface area contributed by atoms with Crippen LogP contribution < -0.4 is 10.2 Å². The van der Waals surface area contributed by atoms with Gasteiger partial charge in [-0.2, -0.15) is 0 Å². The maximum atomic E-state index is 11.7. The fourth-order valence-corrected chi connectivity index (χ4v) is 2.81. The van der Waals surface area contributed by atoms with Crippen LogP contribution in [0.5, 0.6) is 0 Å². The first-order valence-corrected chi connectivity index (χ1v) is 7.16. The number of hydrogen-bond acceptors (Lipinski definition) is 6. The van der Waals surface area contributed by atoms with Crippen LogP contribution in [-0.2, 0) is 4.79 Å². The van der Waals surface area contributed by atoms with Crippen LogP contribution in [-0.4, -0.2) is 35.6 Å². The minimum absolute atomic E-state index is 0.0666. The lowest BCUT2D eigenvalue weighted by molar-refractivity contribution is -0.383. The zero-order valence-electron chi connectivity index (χ0n) is 11.3. The molecule has 1 saturated carbocycles. The number of hydrogen-bond donors (Lipinski definition) is 2. The molecular weight excluding hydrogens is 282 g/mol. The largest absolute Gasteiger partial charge is 0.388 e. The van der Waals surface area contributed by atoms with Crippen LogP contribution in [0.3, 0.4) is 0 Å². The third-order valence-corrected chi connectivity index (χ3v) is 4.40. The number of anilines is 1. The molecule has 0 aromatic carbocycles. The molecule has 110 valence electrons. The highest BCUT2D eigenvalue weighted by Gasteiger charge is 2.27. The molecule has 8 heteroatoms. The quantitative estimate of drug-likeness (QED) is 0.612. The van der Waals surface area contributed by atoms with Gasteiger partial charge in [-0.25, -0.2) is 0 Å². The van der Waals surface area contributed by atoms with Crippen molar-refractivity contribution in [1.29, 1.82) is 0 Å². The highest BCUT2D eigenvalue weighted by atomic mass is 32.1. The lowest BCUT2D eigenvalue weighted by Crippen LogP contribution is -2.36. The number of aliphatic hydroxyl groups is 1. The summed E-state index contributed by atoms with van der Waals surface area (Å²) in [6.07, 6.45) is 1.24. The van der Waals surface area contributed by atoms with E-state index in [1.54, 1.807) is 18.9 Å². The van der Waals surface area contributed by atoms with Gasteiger partial charge in [0.2, 0.25) is 5.91 Å². The van der Waals surface area contributed by atoms with Gasteiger partial charge >= 0.3 is 5.69 Å². The maximum absolute atomic E-state index is 11.7. The number of nitro groups is 1. The van der Waals surface area contributed by atoms with E-state index in [1.165, 1.54) is 6.07 Å². The highest BCUT2D eigenvalue weighted by Crippen LogP contribution is 2.39. The average Bonchev–Trinajstić information content (AvgIpc) is 3.03. The Morgan fingerprint density at radius 3 is 2.85 bits per heavy atom. The van der Waals surface area contributed by atoms with E-state index in [0.29, 0.717) is 9.88 Å². The molecule has 1 aromatic rings. The molecular formula is C12H17N3O4S. The van der Waals surface area contributed by atoms with Crippen LogP contribution in [0.2, 0.25) is 0 Å². The number of carbonyl (C=O) groups is 1. The first-order chi connectivity index (χ1) is 9.38. The number of nitrogens with one attached hydrogen (secondary N) is 1. The van der Waals surface area contributed by atoms with Gasteiger partial charge in [-0.1, -0.05) is 0 Å². The number of aliphatic hydroxyl groups excluding tert-OH is 1. The van der Waals surface area contributed by atoms with E-state index in [4.69, 9.17) is 0 Å². The van der Waals surface area contributed by atoms with Crippen molar-refractivity contribution in [2.45, 2.75) is 31.9 Å². The summed E-state index contributed by atoms with van der Waals surface area (Å²) in [5, 5.41) is 23.8. The average molecular weight is 299 g/mol. The van der Waals surface area contributed by atoms with E-state index >= 15 is 0 Å². The monoisotopic (exact) mass is 299 g/mol. The van der Waals surface area contributed by atoms with E-state index < -0.39 is 11.0 Å². The number of carbonyl (C=O) groups excluding carboxylic acids is 1. The van der Waals surface area contributed by atoms with Crippen LogP contribution in [0, 0.1) is 10.1 Å². The Balaban J connectivity index is 2.12. The number of likely N-dealkylation sites (N-methyl/N-ethyl adjacent to an activating group) is 1. The minimum Gasteiger partial charge on any atom is -0.388 e. The predicted octanol–water partition coefficient (Wildman–Crippen LogP) is 1.42. The molecule has 1 amide bonds. The summed E-state index contributed by atoms with van der Waals surface area (Å²) in [7, 11) is 1.64. The smallest absolute Gasteiger partial charge is 0.304 e. The van der Waals surface area contributed by atoms with E-state index in [1.807, 2.05) is 0 Å². The standard InChI is InChI=1S/C12H17N3O4S/c1-7(16)10-5-9(15(18)19)12(20-10)14(2)6-11(17)13-8-3-4-8/h5,7-8,16H,3-4,6H2,1-2H3,(H,13,17).